The normalized spacial score (nSPS) is 15.9. The maximum atomic E-state index is 13.5. The number of carbonyl (C=O) groups is 1. The van der Waals surface area contributed by atoms with E-state index in [9.17, 15) is 9.18 Å². The molecule has 3 rings (SSSR count). The molecule has 1 aliphatic rings. The largest absolute Gasteiger partial charge is 0.494 e. The smallest absolute Gasteiger partial charge is 0.267 e. The first-order valence-electron chi connectivity index (χ1n) is 8.83. The fraction of sp³-hybridized carbons (Fsp3) is 0.316. The number of hydrogen-bond donors (Lipinski definition) is 3. The summed E-state index contributed by atoms with van der Waals surface area (Å²) < 4.78 is 18.6. The fourth-order valence-electron chi connectivity index (χ4n) is 3.06. The molecule has 8 nitrogen and oxygen atoms in total. The molecule has 1 saturated heterocycles. The highest BCUT2D eigenvalue weighted by atomic mass is 35.5. The van der Waals surface area contributed by atoms with Gasteiger partial charge >= 0.3 is 0 Å². The Kier molecular flexibility index (Phi) is 10.5. The minimum atomic E-state index is -0.631. The van der Waals surface area contributed by atoms with Gasteiger partial charge in [-0.25, -0.2) is 14.9 Å². The Morgan fingerprint density at radius 1 is 1.37 bits per heavy atom. The van der Waals surface area contributed by atoms with Crippen LogP contribution in [0.2, 0.25) is 0 Å². The first-order valence-corrected chi connectivity index (χ1v) is 8.83. The van der Waals surface area contributed by atoms with E-state index >= 15 is 0 Å². The molecule has 0 radical (unpaired) electrons. The summed E-state index contributed by atoms with van der Waals surface area (Å²) in [6.07, 6.45) is 6.72. The Bertz CT molecular complexity index is 855. The van der Waals surface area contributed by atoms with Gasteiger partial charge in [0.05, 0.1) is 25.2 Å². The summed E-state index contributed by atoms with van der Waals surface area (Å²) in [4.78, 5) is 21.7. The molecule has 0 aliphatic carbocycles. The van der Waals surface area contributed by atoms with Gasteiger partial charge in [0, 0.05) is 31.8 Å². The van der Waals surface area contributed by atoms with Crippen molar-refractivity contribution in [3.05, 3.63) is 53.7 Å². The van der Waals surface area contributed by atoms with Crippen molar-refractivity contribution in [2.24, 2.45) is 0 Å². The molecule has 1 amide bonds. The molecule has 1 aromatic carbocycles. The molecule has 2 aromatic rings. The molecule has 164 valence electrons. The first kappa shape index (κ1) is 25.6. The molecule has 0 saturated carbocycles. The van der Waals surface area contributed by atoms with Gasteiger partial charge in [-0.1, -0.05) is 6.07 Å². The van der Waals surface area contributed by atoms with Crippen molar-refractivity contribution in [1.29, 1.82) is 0 Å². The summed E-state index contributed by atoms with van der Waals surface area (Å²) in [7, 11) is 1.46. The van der Waals surface area contributed by atoms with Crippen molar-refractivity contribution in [2.75, 3.05) is 25.5 Å². The van der Waals surface area contributed by atoms with Gasteiger partial charge in [0.25, 0.3) is 5.91 Å². The van der Waals surface area contributed by atoms with Crippen LogP contribution in [0.3, 0.4) is 0 Å². The monoisotopic (exact) mass is 459 g/mol. The number of nitrogens with one attached hydrogen (secondary N) is 2. The van der Waals surface area contributed by atoms with Gasteiger partial charge in [-0.05, 0) is 30.2 Å². The average molecular weight is 460 g/mol. The second-order valence-electron chi connectivity index (χ2n) is 6.47. The Morgan fingerprint density at radius 2 is 2.17 bits per heavy atom. The summed E-state index contributed by atoms with van der Waals surface area (Å²) in [5.41, 5.74) is 3.02. The van der Waals surface area contributed by atoms with Crippen LogP contribution in [0.1, 0.15) is 17.7 Å². The zero-order valence-electron chi connectivity index (χ0n) is 16.2. The van der Waals surface area contributed by atoms with Crippen LogP contribution in [0, 0.1) is 5.82 Å². The molecule has 1 atom stereocenters. The third kappa shape index (κ3) is 7.10. The van der Waals surface area contributed by atoms with Crippen LogP contribution < -0.4 is 15.5 Å². The number of amides is 1. The van der Waals surface area contributed by atoms with Gasteiger partial charge in [-0.2, -0.15) is 0 Å². The van der Waals surface area contributed by atoms with Crippen LogP contribution in [0.4, 0.5) is 10.2 Å². The van der Waals surface area contributed by atoms with Gasteiger partial charge in [-0.15, -0.1) is 24.8 Å². The summed E-state index contributed by atoms with van der Waals surface area (Å²) in [6.45, 7) is 2.47. The van der Waals surface area contributed by atoms with E-state index in [0.717, 1.165) is 37.7 Å². The van der Waals surface area contributed by atoms with Crippen molar-refractivity contribution >= 4 is 42.6 Å². The second-order valence-corrected chi connectivity index (χ2v) is 6.47. The lowest BCUT2D eigenvalue weighted by atomic mass is 10.2. The maximum absolute atomic E-state index is 13.5. The third-order valence-electron chi connectivity index (χ3n) is 4.43. The number of methoxy groups -OCH3 is 1. The molecule has 2 heterocycles. The predicted octanol–water partition coefficient (Wildman–Crippen LogP) is 2.67. The van der Waals surface area contributed by atoms with Gasteiger partial charge in [-0.3, -0.25) is 19.9 Å². The number of likely N-dealkylation sites (tertiary alicyclic amines) is 1. The lowest BCUT2D eigenvalue weighted by molar-refractivity contribution is -0.124. The minimum Gasteiger partial charge on any atom is -0.494 e. The van der Waals surface area contributed by atoms with Gasteiger partial charge in [0.15, 0.2) is 11.6 Å². The second kappa shape index (κ2) is 12.3. The number of carbonyl (C=O) groups excluding carboxylic acids is 1. The lowest BCUT2D eigenvalue weighted by Gasteiger charge is -2.17. The summed E-state index contributed by atoms with van der Waals surface area (Å²) >= 11 is 0. The minimum absolute atomic E-state index is 0. The van der Waals surface area contributed by atoms with Crippen molar-refractivity contribution < 1.29 is 19.1 Å². The van der Waals surface area contributed by atoms with E-state index in [0.29, 0.717) is 11.5 Å². The van der Waals surface area contributed by atoms with Crippen molar-refractivity contribution in [1.82, 2.24) is 20.3 Å². The lowest BCUT2D eigenvalue weighted by Crippen LogP contribution is -2.26. The maximum Gasteiger partial charge on any atom is 0.267 e. The number of hydrogen-bond acceptors (Lipinski definition) is 7. The van der Waals surface area contributed by atoms with Crippen molar-refractivity contribution in [3.8, 4) is 5.75 Å². The summed E-state index contributed by atoms with van der Waals surface area (Å²) in [5, 5.41) is 11.8. The van der Waals surface area contributed by atoms with Gasteiger partial charge in [0.1, 0.15) is 5.82 Å². The summed E-state index contributed by atoms with van der Waals surface area (Å²) in [6, 6.07) is 5.16. The number of halogens is 3. The number of anilines is 1. The van der Waals surface area contributed by atoms with Crippen molar-refractivity contribution in [3.63, 3.8) is 0 Å². The van der Waals surface area contributed by atoms with Crippen molar-refractivity contribution in [2.45, 2.75) is 19.0 Å². The predicted molar refractivity (Wildman–Crippen MR) is 116 cm³/mol. The number of aromatic nitrogens is 2. The van der Waals surface area contributed by atoms with Crippen LogP contribution >= 0.6 is 24.8 Å². The number of hydroxylamine groups is 1. The Balaban J connectivity index is 0.00000225. The van der Waals surface area contributed by atoms with Crippen LogP contribution in [0.25, 0.3) is 6.08 Å². The highest BCUT2D eigenvalue weighted by molar-refractivity contribution is 5.90. The van der Waals surface area contributed by atoms with Gasteiger partial charge < -0.3 is 10.1 Å². The Morgan fingerprint density at radius 3 is 2.83 bits per heavy atom. The number of nitrogens with zero attached hydrogens (tertiary/aromatic N) is 3. The van der Waals surface area contributed by atoms with E-state index in [1.54, 1.807) is 24.5 Å². The quantitative estimate of drug-likeness (QED) is 0.332. The molecular weight excluding hydrogens is 436 g/mol. The van der Waals surface area contributed by atoms with Crippen LogP contribution in [-0.2, 0) is 11.3 Å². The zero-order valence-corrected chi connectivity index (χ0v) is 17.9. The Labute approximate surface area is 186 Å². The molecular formula is C19H24Cl2FN5O3. The fourth-order valence-corrected chi connectivity index (χ4v) is 3.06. The van der Waals surface area contributed by atoms with E-state index in [1.807, 2.05) is 0 Å². The molecule has 30 heavy (non-hydrogen) atoms. The highest BCUT2D eigenvalue weighted by Crippen LogP contribution is 2.21. The molecule has 0 unspecified atom stereocenters. The molecule has 1 fully saturated rings. The third-order valence-corrected chi connectivity index (χ3v) is 4.43. The van der Waals surface area contributed by atoms with E-state index in [4.69, 9.17) is 9.94 Å². The number of benzene rings is 1. The standard InChI is InChI=1S/C19H22FN5O3.2ClH/c1-28-17-8-13(2-4-16(17)20)11-25-7-6-15(12-25)23-18-10-21-14(9-22-18)3-5-19(26)24-27;;/h2-5,8-10,15,27H,6-7,11-12H2,1H3,(H,22,23)(H,24,26);2*1H/b5-3+;;/t15-;;/m1../s1. The van der Waals surface area contributed by atoms with E-state index < -0.39 is 5.91 Å². The molecule has 1 aliphatic heterocycles. The van der Waals surface area contributed by atoms with Crippen LogP contribution in [0.5, 0.6) is 5.75 Å². The summed E-state index contributed by atoms with van der Waals surface area (Å²) in [5.74, 6) is -0.0822. The first-order chi connectivity index (χ1) is 13.6. The van der Waals surface area contributed by atoms with E-state index in [2.05, 4.69) is 20.2 Å². The molecule has 11 heteroatoms. The number of rotatable bonds is 7. The SMILES string of the molecule is COc1cc(CN2CC[C@@H](Nc3cnc(/C=C/C(=O)NO)cn3)C2)ccc1F.Cl.Cl. The molecule has 3 N–H and O–H groups in total. The molecule has 0 bridgehead atoms. The zero-order chi connectivity index (χ0) is 19.9. The average Bonchev–Trinajstić information content (AvgIpc) is 3.15. The van der Waals surface area contributed by atoms with Gasteiger partial charge in [0.2, 0.25) is 0 Å². The Hall–Kier alpha value is -2.46. The molecule has 1 aromatic heterocycles. The number of ether oxygens (including phenoxy) is 1. The van der Waals surface area contributed by atoms with Crippen LogP contribution in [-0.4, -0.2) is 52.2 Å². The molecule has 0 spiro atoms. The van der Waals surface area contributed by atoms with E-state index in [-0.39, 0.29) is 42.4 Å². The topological polar surface area (TPSA) is 99.6 Å². The van der Waals surface area contributed by atoms with E-state index in [1.165, 1.54) is 24.7 Å². The highest BCUT2D eigenvalue weighted by Gasteiger charge is 2.23. The van der Waals surface area contributed by atoms with Crippen LogP contribution in [0.15, 0.2) is 36.7 Å².